The predicted octanol–water partition coefficient (Wildman–Crippen LogP) is 1.33. The molecule has 6 heteroatoms. The van der Waals surface area contributed by atoms with Crippen molar-refractivity contribution in [3.8, 4) is 0 Å². The van der Waals surface area contributed by atoms with Gasteiger partial charge in [0.25, 0.3) is 0 Å². The summed E-state index contributed by atoms with van der Waals surface area (Å²) in [6.45, 7) is 3.24. The Hall–Kier alpha value is -1.66. The van der Waals surface area contributed by atoms with Crippen molar-refractivity contribution in [3.63, 3.8) is 0 Å². The molecule has 106 valence electrons. The third kappa shape index (κ3) is 5.67. The van der Waals surface area contributed by atoms with E-state index >= 15 is 0 Å². The minimum Gasteiger partial charge on any atom is -0.385 e. The van der Waals surface area contributed by atoms with Crippen LogP contribution >= 0.6 is 0 Å². The third-order valence-electron chi connectivity index (χ3n) is 2.64. The fraction of sp³-hybridized carbons (Fsp3) is 0.462. The van der Waals surface area contributed by atoms with Crippen LogP contribution in [-0.2, 0) is 4.74 Å². The highest BCUT2D eigenvalue weighted by atomic mass is 19.1. The summed E-state index contributed by atoms with van der Waals surface area (Å²) in [4.78, 5) is 4.28. The lowest BCUT2D eigenvalue weighted by Crippen LogP contribution is -2.42. The number of halogens is 1. The first-order valence-corrected chi connectivity index (χ1v) is 6.19. The second-order valence-corrected chi connectivity index (χ2v) is 4.14. The number of nitrogens with two attached hydrogens (primary N) is 1. The Morgan fingerprint density at radius 1 is 1.42 bits per heavy atom. The number of methoxy groups -OCH3 is 1. The average Bonchev–Trinajstić information content (AvgIpc) is 2.42. The van der Waals surface area contributed by atoms with Gasteiger partial charge in [-0.25, -0.2) is 10.2 Å². The van der Waals surface area contributed by atoms with Gasteiger partial charge in [0.1, 0.15) is 5.82 Å². The summed E-state index contributed by atoms with van der Waals surface area (Å²) in [5.41, 5.74) is 3.47. The highest BCUT2D eigenvalue weighted by molar-refractivity contribution is 5.79. The van der Waals surface area contributed by atoms with Gasteiger partial charge in [0, 0.05) is 20.3 Å². The molecular formula is C13H21FN4O. The Labute approximate surface area is 113 Å². The lowest BCUT2D eigenvalue weighted by Gasteiger charge is -2.17. The smallest absolute Gasteiger partial charge is 0.206 e. The van der Waals surface area contributed by atoms with Crippen LogP contribution in [-0.4, -0.2) is 26.2 Å². The molecule has 0 aliphatic carbocycles. The van der Waals surface area contributed by atoms with E-state index in [1.165, 1.54) is 12.1 Å². The molecule has 0 aromatic heterocycles. The molecule has 1 aromatic carbocycles. The summed E-state index contributed by atoms with van der Waals surface area (Å²) in [5.74, 6) is 5.66. The topological polar surface area (TPSA) is 71.7 Å². The van der Waals surface area contributed by atoms with Gasteiger partial charge in [-0.3, -0.25) is 10.4 Å². The fourth-order valence-electron chi connectivity index (χ4n) is 1.57. The van der Waals surface area contributed by atoms with Crippen LogP contribution in [0.4, 0.5) is 4.39 Å². The number of ether oxygens (including phenoxy) is 1. The SMILES string of the molecule is COCCCN=C(NN)NC(C)c1ccc(F)cc1. The Balaban J connectivity index is 2.52. The molecule has 0 aliphatic heterocycles. The zero-order valence-corrected chi connectivity index (χ0v) is 11.3. The van der Waals surface area contributed by atoms with Crippen molar-refractivity contribution in [2.75, 3.05) is 20.3 Å². The molecule has 0 heterocycles. The quantitative estimate of drug-likeness (QED) is 0.239. The van der Waals surface area contributed by atoms with Crippen LogP contribution in [0.5, 0.6) is 0 Å². The Kier molecular flexibility index (Phi) is 6.84. The molecule has 0 saturated carbocycles. The maximum absolute atomic E-state index is 12.8. The van der Waals surface area contributed by atoms with Crippen LogP contribution in [0, 0.1) is 5.82 Å². The van der Waals surface area contributed by atoms with Gasteiger partial charge in [-0.2, -0.15) is 0 Å². The normalized spacial score (nSPS) is 13.2. The molecule has 0 amide bonds. The van der Waals surface area contributed by atoms with Crippen molar-refractivity contribution in [2.24, 2.45) is 10.8 Å². The molecule has 1 rings (SSSR count). The van der Waals surface area contributed by atoms with Gasteiger partial charge in [-0.05, 0) is 31.0 Å². The standard InChI is InChI=1S/C13H21FN4O/c1-10(11-4-6-12(14)7-5-11)17-13(18-15)16-8-3-9-19-2/h4-7,10H,3,8-9,15H2,1-2H3,(H2,16,17,18). The van der Waals surface area contributed by atoms with E-state index < -0.39 is 0 Å². The first-order chi connectivity index (χ1) is 9.17. The summed E-state index contributed by atoms with van der Waals surface area (Å²) in [6.07, 6.45) is 0.828. The number of nitrogens with one attached hydrogen (secondary N) is 2. The van der Waals surface area contributed by atoms with Crippen molar-refractivity contribution in [3.05, 3.63) is 35.6 Å². The lowest BCUT2D eigenvalue weighted by molar-refractivity contribution is 0.197. The number of nitrogens with zero attached hydrogens (tertiary/aromatic N) is 1. The minimum atomic E-state index is -0.249. The van der Waals surface area contributed by atoms with E-state index in [-0.39, 0.29) is 11.9 Å². The number of hydrazine groups is 1. The van der Waals surface area contributed by atoms with Crippen LogP contribution in [0.25, 0.3) is 0 Å². The number of benzene rings is 1. The minimum absolute atomic E-state index is 0.0159. The molecule has 1 aromatic rings. The molecule has 19 heavy (non-hydrogen) atoms. The van der Waals surface area contributed by atoms with Crippen molar-refractivity contribution < 1.29 is 9.13 Å². The number of hydrogen-bond donors (Lipinski definition) is 3. The van der Waals surface area contributed by atoms with Gasteiger partial charge < -0.3 is 10.1 Å². The summed E-state index contributed by atoms with van der Waals surface area (Å²) in [5, 5.41) is 3.13. The number of guanidine groups is 1. The first kappa shape index (κ1) is 15.4. The maximum atomic E-state index is 12.8. The molecule has 0 radical (unpaired) electrons. The highest BCUT2D eigenvalue weighted by Gasteiger charge is 2.07. The van der Waals surface area contributed by atoms with Gasteiger partial charge in [-0.1, -0.05) is 12.1 Å². The van der Waals surface area contributed by atoms with Gasteiger partial charge >= 0.3 is 0 Å². The monoisotopic (exact) mass is 268 g/mol. The Morgan fingerprint density at radius 2 is 2.11 bits per heavy atom. The Bertz CT molecular complexity index is 394. The van der Waals surface area contributed by atoms with E-state index in [0.717, 1.165) is 12.0 Å². The zero-order chi connectivity index (χ0) is 14.1. The van der Waals surface area contributed by atoms with Gasteiger partial charge in [0.05, 0.1) is 6.04 Å². The zero-order valence-electron chi connectivity index (χ0n) is 11.3. The number of aliphatic imine (C=N–C) groups is 1. The molecule has 0 fully saturated rings. The van der Waals surface area contributed by atoms with E-state index in [1.807, 2.05) is 6.92 Å². The van der Waals surface area contributed by atoms with Gasteiger partial charge in [0.2, 0.25) is 5.96 Å². The molecule has 4 N–H and O–H groups in total. The molecule has 1 atom stereocenters. The molecule has 5 nitrogen and oxygen atoms in total. The predicted molar refractivity (Wildman–Crippen MR) is 74.1 cm³/mol. The fourth-order valence-corrected chi connectivity index (χ4v) is 1.57. The van der Waals surface area contributed by atoms with Crippen LogP contribution < -0.4 is 16.6 Å². The second-order valence-electron chi connectivity index (χ2n) is 4.14. The van der Waals surface area contributed by atoms with Crippen LogP contribution in [0.2, 0.25) is 0 Å². The molecule has 1 unspecified atom stereocenters. The van der Waals surface area contributed by atoms with Crippen molar-refractivity contribution in [1.29, 1.82) is 0 Å². The van der Waals surface area contributed by atoms with E-state index in [0.29, 0.717) is 19.1 Å². The molecular weight excluding hydrogens is 247 g/mol. The van der Waals surface area contributed by atoms with E-state index in [4.69, 9.17) is 10.6 Å². The average molecular weight is 268 g/mol. The molecule has 0 saturated heterocycles. The van der Waals surface area contributed by atoms with Crippen LogP contribution in [0.1, 0.15) is 24.9 Å². The largest absolute Gasteiger partial charge is 0.385 e. The number of hydrogen-bond acceptors (Lipinski definition) is 3. The van der Waals surface area contributed by atoms with Gasteiger partial charge in [-0.15, -0.1) is 0 Å². The summed E-state index contributed by atoms with van der Waals surface area (Å²) in [7, 11) is 1.65. The van der Waals surface area contributed by atoms with E-state index in [9.17, 15) is 4.39 Å². The molecule has 0 spiro atoms. The van der Waals surface area contributed by atoms with Crippen molar-refractivity contribution in [1.82, 2.24) is 10.7 Å². The van der Waals surface area contributed by atoms with Crippen molar-refractivity contribution >= 4 is 5.96 Å². The van der Waals surface area contributed by atoms with Gasteiger partial charge in [0.15, 0.2) is 0 Å². The van der Waals surface area contributed by atoms with E-state index in [2.05, 4.69) is 15.7 Å². The third-order valence-corrected chi connectivity index (χ3v) is 2.64. The van der Waals surface area contributed by atoms with Crippen molar-refractivity contribution in [2.45, 2.75) is 19.4 Å². The summed E-state index contributed by atoms with van der Waals surface area (Å²) in [6, 6.07) is 6.30. The highest BCUT2D eigenvalue weighted by Crippen LogP contribution is 2.12. The van der Waals surface area contributed by atoms with Crippen LogP contribution in [0.15, 0.2) is 29.3 Å². The summed E-state index contributed by atoms with van der Waals surface area (Å²) >= 11 is 0. The summed E-state index contributed by atoms with van der Waals surface area (Å²) < 4.78 is 17.8. The number of rotatable bonds is 6. The first-order valence-electron chi connectivity index (χ1n) is 6.19. The second kappa shape index (κ2) is 8.44. The van der Waals surface area contributed by atoms with E-state index in [1.54, 1.807) is 19.2 Å². The molecule has 0 aliphatic rings. The Morgan fingerprint density at radius 3 is 2.68 bits per heavy atom. The molecule has 0 bridgehead atoms. The maximum Gasteiger partial charge on any atom is 0.206 e. The van der Waals surface area contributed by atoms with Crippen LogP contribution in [0.3, 0.4) is 0 Å². The lowest BCUT2D eigenvalue weighted by atomic mass is 10.1.